The average molecular weight is 290 g/mol. The molecule has 1 amide bonds. The molecule has 1 aliphatic heterocycles. The third-order valence-corrected chi connectivity index (χ3v) is 3.70. The molecule has 92 valence electrons. The number of allylic oxidation sites excluding steroid dienone is 1. The van der Waals surface area contributed by atoms with Gasteiger partial charge in [0.1, 0.15) is 6.10 Å². The second kappa shape index (κ2) is 6.40. The van der Waals surface area contributed by atoms with Crippen molar-refractivity contribution in [3.05, 3.63) is 12.2 Å². The number of alkyl halides is 1. The first-order chi connectivity index (χ1) is 7.56. The highest BCUT2D eigenvalue weighted by Crippen LogP contribution is 2.22. The molecule has 3 atom stereocenters. The summed E-state index contributed by atoms with van der Waals surface area (Å²) in [4.78, 5) is 13.8. The molecule has 0 aromatic rings. The number of likely N-dealkylation sites (N-methyl/N-ethyl adjacent to an activating group) is 1. The summed E-state index contributed by atoms with van der Waals surface area (Å²) in [5.74, 6) is 0.0460. The minimum absolute atomic E-state index is 0.0460. The van der Waals surface area contributed by atoms with E-state index in [1.807, 2.05) is 6.08 Å². The molecule has 0 aromatic carbocycles. The molecule has 0 fully saturated rings. The van der Waals surface area contributed by atoms with Gasteiger partial charge in [0.05, 0.1) is 6.10 Å². The van der Waals surface area contributed by atoms with E-state index >= 15 is 0 Å². The van der Waals surface area contributed by atoms with E-state index in [1.165, 1.54) is 0 Å². The summed E-state index contributed by atoms with van der Waals surface area (Å²) in [6, 6.07) is 0. The Balaban J connectivity index is 2.73. The Kier molecular flexibility index (Phi) is 5.49. The van der Waals surface area contributed by atoms with Gasteiger partial charge in [-0.1, -0.05) is 35.0 Å². The fourth-order valence-electron chi connectivity index (χ4n) is 1.75. The minimum atomic E-state index is -0.337. The minimum Gasteiger partial charge on any atom is -0.364 e. The summed E-state index contributed by atoms with van der Waals surface area (Å²) in [7, 11) is 3.53. The Bertz CT molecular complexity index is 266. The SMILES string of the molecule is CC[C@H]1O[C@H](C(=O)N(C)C)C/C=C\C[C@@H]1Br. The molecule has 4 heteroatoms. The highest BCUT2D eigenvalue weighted by Gasteiger charge is 2.27. The molecule has 0 saturated heterocycles. The van der Waals surface area contributed by atoms with Crippen molar-refractivity contribution in [2.75, 3.05) is 14.1 Å². The molecule has 0 spiro atoms. The average Bonchev–Trinajstić information content (AvgIpc) is 2.23. The first-order valence-corrected chi connectivity index (χ1v) is 6.63. The smallest absolute Gasteiger partial charge is 0.251 e. The number of halogens is 1. The number of carbonyl (C=O) groups is 1. The zero-order valence-electron chi connectivity index (χ0n) is 10.1. The van der Waals surface area contributed by atoms with Gasteiger partial charge in [0.15, 0.2) is 0 Å². The van der Waals surface area contributed by atoms with E-state index in [0.717, 1.165) is 12.8 Å². The maximum atomic E-state index is 11.9. The van der Waals surface area contributed by atoms with Crippen molar-refractivity contribution in [1.29, 1.82) is 0 Å². The van der Waals surface area contributed by atoms with Gasteiger partial charge >= 0.3 is 0 Å². The van der Waals surface area contributed by atoms with E-state index in [2.05, 4.69) is 28.9 Å². The second-order valence-electron chi connectivity index (χ2n) is 4.26. The summed E-state index contributed by atoms with van der Waals surface area (Å²) in [5, 5.41) is 0. The summed E-state index contributed by atoms with van der Waals surface area (Å²) < 4.78 is 5.89. The maximum absolute atomic E-state index is 11.9. The molecule has 1 rings (SSSR count). The van der Waals surface area contributed by atoms with Gasteiger partial charge in [0.2, 0.25) is 0 Å². The molecule has 0 saturated carbocycles. The number of hydrogen-bond donors (Lipinski definition) is 0. The van der Waals surface area contributed by atoms with Crippen molar-refractivity contribution in [1.82, 2.24) is 4.90 Å². The first-order valence-electron chi connectivity index (χ1n) is 5.72. The number of ether oxygens (including phenoxy) is 1. The maximum Gasteiger partial charge on any atom is 0.251 e. The van der Waals surface area contributed by atoms with Crippen molar-refractivity contribution in [3.63, 3.8) is 0 Å². The zero-order chi connectivity index (χ0) is 12.1. The number of nitrogens with zero attached hydrogens (tertiary/aromatic N) is 1. The number of carbonyl (C=O) groups excluding carboxylic acids is 1. The van der Waals surface area contributed by atoms with Crippen LogP contribution in [0.2, 0.25) is 0 Å². The zero-order valence-corrected chi connectivity index (χ0v) is 11.7. The normalized spacial score (nSPS) is 32.6. The predicted octanol–water partition coefficient (Wildman–Crippen LogP) is 2.35. The lowest BCUT2D eigenvalue weighted by molar-refractivity contribution is -0.145. The molecule has 0 radical (unpaired) electrons. The standard InChI is InChI=1S/C12H20BrNO2/c1-4-10-9(13)7-5-6-8-11(16-10)12(15)14(2)3/h5-6,9-11H,4,7-8H2,1-3H3/b6-5-/t9-,10+,11-/m0/s1. The van der Waals surface area contributed by atoms with Crippen molar-refractivity contribution in [2.24, 2.45) is 0 Å². The van der Waals surface area contributed by atoms with Crippen LogP contribution in [-0.2, 0) is 9.53 Å². The van der Waals surface area contributed by atoms with Crippen molar-refractivity contribution in [3.8, 4) is 0 Å². The van der Waals surface area contributed by atoms with Gasteiger partial charge in [-0.15, -0.1) is 0 Å². The van der Waals surface area contributed by atoms with Gasteiger partial charge in [-0.2, -0.15) is 0 Å². The molecule has 0 bridgehead atoms. The van der Waals surface area contributed by atoms with Crippen LogP contribution in [0, 0.1) is 0 Å². The summed E-state index contributed by atoms with van der Waals surface area (Å²) in [5.41, 5.74) is 0. The Morgan fingerprint density at radius 2 is 2.06 bits per heavy atom. The van der Waals surface area contributed by atoms with Crippen LogP contribution in [0.15, 0.2) is 12.2 Å². The predicted molar refractivity (Wildman–Crippen MR) is 68.7 cm³/mol. The topological polar surface area (TPSA) is 29.5 Å². The van der Waals surface area contributed by atoms with E-state index in [1.54, 1.807) is 19.0 Å². The third-order valence-electron chi connectivity index (χ3n) is 2.74. The van der Waals surface area contributed by atoms with E-state index in [-0.39, 0.29) is 18.1 Å². The lowest BCUT2D eigenvalue weighted by atomic mass is 10.1. The first kappa shape index (κ1) is 13.7. The Labute approximate surface area is 106 Å². The van der Waals surface area contributed by atoms with Crippen LogP contribution >= 0.6 is 15.9 Å². The van der Waals surface area contributed by atoms with Crippen LogP contribution in [0.25, 0.3) is 0 Å². The Morgan fingerprint density at radius 1 is 1.44 bits per heavy atom. The van der Waals surface area contributed by atoms with E-state index < -0.39 is 0 Å². The van der Waals surface area contributed by atoms with Crippen molar-refractivity contribution < 1.29 is 9.53 Å². The number of amides is 1. The fraction of sp³-hybridized carbons (Fsp3) is 0.750. The quantitative estimate of drug-likeness (QED) is 0.577. The monoisotopic (exact) mass is 289 g/mol. The molecule has 1 heterocycles. The molecule has 3 nitrogen and oxygen atoms in total. The number of hydrogen-bond acceptors (Lipinski definition) is 2. The highest BCUT2D eigenvalue weighted by atomic mass is 79.9. The van der Waals surface area contributed by atoms with Crippen LogP contribution in [0.5, 0.6) is 0 Å². The molecule has 1 aliphatic rings. The third kappa shape index (κ3) is 3.59. The number of rotatable bonds is 2. The summed E-state index contributed by atoms with van der Waals surface area (Å²) >= 11 is 3.61. The van der Waals surface area contributed by atoms with E-state index in [4.69, 9.17) is 4.74 Å². The molecule has 0 aromatic heterocycles. The highest BCUT2D eigenvalue weighted by molar-refractivity contribution is 9.09. The van der Waals surface area contributed by atoms with Gasteiger partial charge in [0, 0.05) is 25.3 Å². The Morgan fingerprint density at radius 3 is 2.62 bits per heavy atom. The lowest BCUT2D eigenvalue weighted by Crippen LogP contribution is -2.40. The fourth-order valence-corrected chi connectivity index (χ4v) is 2.46. The molecule has 0 N–H and O–H groups in total. The van der Waals surface area contributed by atoms with E-state index in [0.29, 0.717) is 11.2 Å². The van der Waals surface area contributed by atoms with Crippen LogP contribution in [0.4, 0.5) is 0 Å². The largest absolute Gasteiger partial charge is 0.364 e. The van der Waals surface area contributed by atoms with Crippen LogP contribution in [-0.4, -0.2) is 41.9 Å². The molecular formula is C12H20BrNO2. The van der Waals surface area contributed by atoms with Crippen LogP contribution < -0.4 is 0 Å². The molecule has 0 aliphatic carbocycles. The summed E-state index contributed by atoms with van der Waals surface area (Å²) in [6.45, 7) is 2.08. The second-order valence-corrected chi connectivity index (χ2v) is 5.44. The van der Waals surface area contributed by atoms with E-state index in [9.17, 15) is 4.79 Å². The van der Waals surface area contributed by atoms with Gasteiger partial charge in [0.25, 0.3) is 5.91 Å². The molecular weight excluding hydrogens is 270 g/mol. The summed E-state index contributed by atoms with van der Waals surface area (Å²) in [6.07, 6.45) is 6.48. The van der Waals surface area contributed by atoms with Gasteiger partial charge in [-0.3, -0.25) is 4.79 Å². The van der Waals surface area contributed by atoms with Gasteiger partial charge < -0.3 is 9.64 Å². The van der Waals surface area contributed by atoms with Gasteiger partial charge in [-0.05, 0) is 12.8 Å². The molecule has 0 unspecified atom stereocenters. The molecule has 16 heavy (non-hydrogen) atoms. The van der Waals surface area contributed by atoms with Crippen molar-refractivity contribution in [2.45, 2.75) is 43.2 Å². The van der Waals surface area contributed by atoms with Crippen LogP contribution in [0.1, 0.15) is 26.2 Å². The Hall–Kier alpha value is -0.350. The van der Waals surface area contributed by atoms with Crippen LogP contribution in [0.3, 0.4) is 0 Å². The lowest BCUT2D eigenvalue weighted by Gasteiger charge is -2.29. The van der Waals surface area contributed by atoms with Gasteiger partial charge in [-0.25, -0.2) is 0 Å². The van der Waals surface area contributed by atoms with Crippen molar-refractivity contribution >= 4 is 21.8 Å².